The van der Waals surface area contributed by atoms with E-state index in [1.54, 1.807) is 16.9 Å². The molecule has 5 nitrogen and oxygen atoms in total. The molecular formula is C19H22N4O. The molecule has 5 heteroatoms. The molecule has 3 rings (SSSR count). The van der Waals surface area contributed by atoms with Gasteiger partial charge in [-0.1, -0.05) is 25.5 Å². The van der Waals surface area contributed by atoms with Gasteiger partial charge in [-0.25, -0.2) is 9.50 Å². The fourth-order valence-corrected chi connectivity index (χ4v) is 2.64. The van der Waals surface area contributed by atoms with Crippen molar-refractivity contribution in [3.8, 4) is 11.3 Å². The predicted octanol–water partition coefficient (Wildman–Crippen LogP) is 3.54. The molecule has 0 aliphatic rings. The van der Waals surface area contributed by atoms with Crippen molar-refractivity contribution < 1.29 is 4.79 Å². The Morgan fingerprint density at radius 3 is 2.79 bits per heavy atom. The van der Waals surface area contributed by atoms with E-state index in [0.717, 1.165) is 24.1 Å². The Labute approximate surface area is 141 Å². The third-order valence-electron chi connectivity index (χ3n) is 4.26. The number of hydrogen-bond donors (Lipinski definition) is 1. The van der Waals surface area contributed by atoms with Crippen LogP contribution >= 0.6 is 0 Å². The number of carbonyl (C=O) groups is 1. The number of unbranched alkanes of at least 4 members (excludes halogenated alkanes) is 1. The molecule has 0 saturated carbocycles. The van der Waals surface area contributed by atoms with Crippen LogP contribution in [-0.2, 0) is 0 Å². The standard InChI is InChI=1S/C19H22N4O/c1-4-5-9-21-19(24)16-12-22-23-17(8-10-20-18(16)23)15-7-6-13(2)14(3)11-15/h6-8,10-12H,4-5,9H2,1-3H3,(H,21,24). The highest BCUT2D eigenvalue weighted by Gasteiger charge is 2.15. The Balaban J connectivity index is 2.00. The molecule has 3 aromatic rings. The van der Waals surface area contributed by atoms with Gasteiger partial charge in [0.2, 0.25) is 0 Å². The number of aryl methyl sites for hydroxylation is 2. The molecule has 0 aliphatic carbocycles. The highest BCUT2D eigenvalue weighted by atomic mass is 16.1. The van der Waals surface area contributed by atoms with Crippen molar-refractivity contribution in [2.24, 2.45) is 0 Å². The average Bonchev–Trinajstić information content (AvgIpc) is 3.01. The summed E-state index contributed by atoms with van der Waals surface area (Å²) in [6.07, 6.45) is 5.33. The molecule has 1 N–H and O–H groups in total. The zero-order valence-electron chi connectivity index (χ0n) is 14.3. The average molecular weight is 322 g/mol. The Bertz CT molecular complexity index is 882. The van der Waals surface area contributed by atoms with E-state index >= 15 is 0 Å². The molecule has 24 heavy (non-hydrogen) atoms. The maximum absolute atomic E-state index is 12.3. The number of hydrogen-bond acceptors (Lipinski definition) is 3. The second-order valence-electron chi connectivity index (χ2n) is 6.03. The molecule has 0 saturated heterocycles. The van der Waals surface area contributed by atoms with Crippen LogP contribution in [0.2, 0.25) is 0 Å². The van der Waals surface area contributed by atoms with Crippen molar-refractivity contribution in [3.63, 3.8) is 0 Å². The van der Waals surface area contributed by atoms with Crippen LogP contribution in [0.1, 0.15) is 41.3 Å². The van der Waals surface area contributed by atoms with Crippen molar-refractivity contribution in [3.05, 3.63) is 53.3 Å². The van der Waals surface area contributed by atoms with Gasteiger partial charge in [-0.05, 0) is 43.5 Å². The number of benzene rings is 1. The van der Waals surface area contributed by atoms with E-state index in [4.69, 9.17) is 0 Å². The van der Waals surface area contributed by atoms with Crippen molar-refractivity contribution in [1.82, 2.24) is 19.9 Å². The van der Waals surface area contributed by atoms with E-state index in [-0.39, 0.29) is 5.91 Å². The lowest BCUT2D eigenvalue weighted by molar-refractivity contribution is 0.0954. The SMILES string of the molecule is CCCCNC(=O)c1cnn2c(-c3ccc(C)c(C)c3)ccnc12. The first-order valence-electron chi connectivity index (χ1n) is 8.30. The quantitative estimate of drug-likeness (QED) is 0.731. The van der Waals surface area contributed by atoms with Gasteiger partial charge in [-0.15, -0.1) is 0 Å². The largest absolute Gasteiger partial charge is 0.352 e. The number of nitrogens with one attached hydrogen (secondary N) is 1. The molecule has 0 aliphatic heterocycles. The molecule has 2 aromatic heterocycles. The summed E-state index contributed by atoms with van der Waals surface area (Å²) in [5, 5.41) is 7.31. The van der Waals surface area contributed by atoms with Crippen molar-refractivity contribution in [2.75, 3.05) is 6.54 Å². The van der Waals surface area contributed by atoms with Crippen LogP contribution in [0.4, 0.5) is 0 Å². The second kappa shape index (κ2) is 6.83. The number of rotatable bonds is 5. The van der Waals surface area contributed by atoms with Gasteiger partial charge >= 0.3 is 0 Å². The molecule has 0 bridgehead atoms. The van der Waals surface area contributed by atoms with Gasteiger partial charge in [0.15, 0.2) is 5.65 Å². The highest BCUT2D eigenvalue weighted by Crippen LogP contribution is 2.23. The fraction of sp³-hybridized carbons (Fsp3) is 0.316. The van der Waals surface area contributed by atoms with Gasteiger partial charge < -0.3 is 5.32 Å². The molecule has 1 aromatic carbocycles. The molecule has 124 valence electrons. The third-order valence-corrected chi connectivity index (χ3v) is 4.26. The molecule has 0 atom stereocenters. The minimum Gasteiger partial charge on any atom is -0.352 e. The normalized spacial score (nSPS) is 11.0. The van der Waals surface area contributed by atoms with Crippen LogP contribution in [0.5, 0.6) is 0 Å². The van der Waals surface area contributed by atoms with E-state index < -0.39 is 0 Å². The lowest BCUT2D eigenvalue weighted by Gasteiger charge is -2.08. The van der Waals surface area contributed by atoms with Gasteiger partial charge in [0.25, 0.3) is 5.91 Å². The van der Waals surface area contributed by atoms with Crippen molar-refractivity contribution >= 4 is 11.6 Å². The molecule has 0 fully saturated rings. The van der Waals surface area contributed by atoms with Crippen molar-refractivity contribution in [2.45, 2.75) is 33.6 Å². The maximum atomic E-state index is 12.3. The van der Waals surface area contributed by atoms with Gasteiger partial charge in [0.05, 0.1) is 11.9 Å². The smallest absolute Gasteiger partial charge is 0.256 e. The van der Waals surface area contributed by atoms with Crippen molar-refractivity contribution in [1.29, 1.82) is 0 Å². The topological polar surface area (TPSA) is 59.3 Å². The van der Waals surface area contributed by atoms with Gasteiger partial charge in [0, 0.05) is 18.3 Å². The molecule has 1 amide bonds. The summed E-state index contributed by atoms with van der Waals surface area (Å²) < 4.78 is 1.73. The van der Waals surface area contributed by atoms with Crippen LogP contribution in [0.3, 0.4) is 0 Å². The Hall–Kier alpha value is -2.69. The lowest BCUT2D eigenvalue weighted by Crippen LogP contribution is -2.24. The first kappa shape index (κ1) is 16.2. The minimum absolute atomic E-state index is 0.122. The summed E-state index contributed by atoms with van der Waals surface area (Å²) in [5.74, 6) is -0.122. The number of aromatic nitrogens is 3. The summed E-state index contributed by atoms with van der Waals surface area (Å²) in [5.41, 5.74) is 5.56. The summed E-state index contributed by atoms with van der Waals surface area (Å²) in [7, 11) is 0. The number of fused-ring (bicyclic) bond motifs is 1. The second-order valence-corrected chi connectivity index (χ2v) is 6.03. The van der Waals surface area contributed by atoms with E-state index in [0.29, 0.717) is 17.8 Å². The summed E-state index contributed by atoms with van der Waals surface area (Å²) >= 11 is 0. The number of carbonyl (C=O) groups excluding carboxylic acids is 1. The Kier molecular flexibility index (Phi) is 4.60. The third kappa shape index (κ3) is 3.02. The van der Waals surface area contributed by atoms with Crippen LogP contribution in [0.15, 0.2) is 36.7 Å². The minimum atomic E-state index is -0.122. The summed E-state index contributed by atoms with van der Waals surface area (Å²) in [6.45, 7) is 6.95. The van der Waals surface area contributed by atoms with E-state index in [2.05, 4.69) is 54.4 Å². The molecule has 0 unspecified atom stereocenters. The fourth-order valence-electron chi connectivity index (χ4n) is 2.64. The van der Waals surface area contributed by atoms with E-state index in [1.165, 1.54) is 11.1 Å². The van der Waals surface area contributed by atoms with Gasteiger partial charge in [0.1, 0.15) is 5.56 Å². The zero-order chi connectivity index (χ0) is 17.1. The Morgan fingerprint density at radius 1 is 1.21 bits per heavy atom. The number of amides is 1. The number of nitrogens with zero attached hydrogens (tertiary/aromatic N) is 3. The highest BCUT2D eigenvalue weighted by molar-refractivity contribution is 5.99. The Morgan fingerprint density at radius 2 is 2.04 bits per heavy atom. The predicted molar refractivity (Wildman–Crippen MR) is 95.1 cm³/mol. The van der Waals surface area contributed by atoms with Crippen LogP contribution in [-0.4, -0.2) is 27.0 Å². The van der Waals surface area contributed by atoms with Crippen LogP contribution in [0, 0.1) is 13.8 Å². The first-order valence-corrected chi connectivity index (χ1v) is 8.30. The van der Waals surface area contributed by atoms with Crippen LogP contribution in [0.25, 0.3) is 16.9 Å². The zero-order valence-corrected chi connectivity index (χ0v) is 14.3. The molecule has 2 heterocycles. The van der Waals surface area contributed by atoms with Gasteiger partial charge in [-0.3, -0.25) is 4.79 Å². The van der Waals surface area contributed by atoms with E-state index in [1.807, 2.05) is 6.07 Å². The lowest BCUT2D eigenvalue weighted by atomic mass is 10.0. The molecular weight excluding hydrogens is 300 g/mol. The maximum Gasteiger partial charge on any atom is 0.256 e. The summed E-state index contributed by atoms with van der Waals surface area (Å²) in [6, 6.07) is 8.22. The monoisotopic (exact) mass is 322 g/mol. The van der Waals surface area contributed by atoms with Crippen LogP contribution < -0.4 is 5.32 Å². The van der Waals surface area contributed by atoms with E-state index in [9.17, 15) is 4.79 Å². The molecule has 0 radical (unpaired) electrons. The summed E-state index contributed by atoms with van der Waals surface area (Å²) in [4.78, 5) is 16.7. The first-order chi connectivity index (χ1) is 11.6. The van der Waals surface area contributed by atoms with Gasteiger partial charge in [-0.2, -0.15) is 5.10 Å². The molecule has 0 spiro atoms.